The molecular formula is C12H20O. The molecule has 2 atom stereocenters. The van der Waals surface area contributed by atoms with Crippen molar-refractivity contribution in [2.45, 2.75) is 44.6 Å². The molecule has 4 rings (SSSR count). The normalized spacial score (nSPS) is 58.6. The zero-order valence-corrected chi connectivity index (χ0v) is 8.75. The minimum absolute atomic E-state index is 0.322. The second kappa shape index (κ2) is 2.50. The fourth-order valence-electron chi connectivity index (χ4n) is 4.45. The van der Waals surface area contributed by atoms with Crippen LogP contribution in [0.1, 0.15) is 39.0 Å². The molecule has 4 fully saturated rings. The predicted octanol–water partition coefficient (Wildman–Crippen LogP) is 2.85. The van der Waals surface area contributed by atoms with Crippen molar-refractivity contribution >= 4 is 0 Å². The van der Waals surface area contributed by atoms with Gasteiger partial charge in [0.25, 0.3) is 0 Å². The van der Waals surface area contributed by atoms with Crippen LogP contribution in [-0.4, -0.2) is 12.7 Å². The van der Waals surface area contributed by atoms with Crippen LogP contribution in [0.3, 0.4) is 0 Å². The van der Waals surface area contributed by atoms with E-state index in [2.05, 4.69) is 6.92 Å². The first-order valence-electron chi connectivity index (χ1n) is 5.77. The number of hydrogen-bond donors (Lipinski definition) is 0. The Balaban J connectivity index is 1.92. The van der Waals surface area contributed by atoms with Crippen LogP contribution in [0.4, 0.5) is 0 Å². The zero-order valence-electron chi connectivity index (χ0n) is 8.75. The summed E-state index contributed by atoms with van der Waals surface area (Å²) in [6.07, 6.45) is 7.09. The topological polar surface area (TPSA) is 9.23 Å². The minimum Gasteiger partial charge on any atom is -0.378 e. The van der Waals surface area contributed by atoms with Gasteiger partial charge in [0.05, 0.1) is 5.60 Å². The van der Waals surface area contributed by atoms with Gasteiger partial charge < -0.3 is 4.74 Å². The summed E-state index contributed by atoms with van der Waals surface area (Å²) in [4.78, 5) is 0. The molecule has 0 saturated heterocycles. The van der Waals surface area contributed by atoms with Gasteiger partial charge in [-0.15, -0.1) is 0 Å². The van der Waals surface area contributed by atoms with Crippen LogP contribution >= 0.6 is 0 Å². The molecule has 1 nitrogen and oxygen atoms in total. The first-order chi connectivity index (χ1) is 6.22. The van der Waals surface area contributed by atoms with Crippen LogP contribution in [-0.2, 0) is 4.74 Å². The second-order valence-corrected chi connectivity index (χ2v) is 5.72. The number of ether oxygens (including phenoxy) is 1. The highest BCUT2D eigenvalue weighted by atomic mass is 16.5. The van der Waals surface area contributed by atoms with Gasteiger partial charge >= 0.3 is 0 Å². The van der Waals surface area contributed by atoms with Gasteiger partial charge in [-0.25, -0.2) is 0 Å². The summed E-state index contributed by atoms with van der Waals surface area (Å²) < 4.78 is 5.80. The number of hydrogen-bond acceptors (Lipinski definition) is 1. The summed E-state index contributed by atoms with van der Waals surface area (Å²) in [6.45, 7) is 2.47. The molecule has 0 heterocycles. The Labute approximate surface area is 80.8 Å². The average Bonchev–Trinajstić information content (AvgIpc) is 2.13. The fourth-order valence-corrected chi connectivity index (χ4v) is 4.45. The molecule has 0 N–H and O–H groups in total. The van der Waals surface area contributed by atoms with Crippen molar-refractivity contribution in [2.75, 3.05) is 7.11 Å². The van der Waals surface area contributed by atoms with Crippen molar-refractivity contribution in [3.05, 3.63) is 0 Å². The van der Waals surface area contributed by atoms with E-state index in [4.69, 9.17) is 4.74 Å². The van der Waals surface area contributed by atoms with Gasteiger partial charge in [-0.1, -0.05) is 6.92 Å². The molecule has 0 aromatic carbocycles. The van der Waals surface area contributed by atoms with Crippen LogP contribution in [0.2, 0.25) is 0 Å². The van der Waals surface area contributed by atoms with Gasteiger partial charge in [0.15, 0.2) is 0 Å². The molecule has 4 bridgehead atoms. The average molecular weight is 180 g/mol. The molecule has 0 amide bonds. The summed E-state index contributed by atoms with van der Waals surface area (Å²) in [7, 11) is 1.93. The van der Waals surface area contributed by atoms with Crippen molar-refractivity contribution < 1.29 is 4.74 Å². The molecule has 4 saturated carbocycles. The Hall–Kier alpha value is -0.0400. The summed E-state index contributed by atoms with van der Waals surface area (Å²) >= 11 is 0. The lowest BCUT2D eigenvalue weighted by Gasteiger charge is -2.58. The number of methoxy groups -OCH3 is 1. The van der Waals surface area contributed by atoms with Crippen LogP contribution in [0, 0.1) is 23.7 Å². The van der Waals surface area contributed by atoms with E-state index in [-0.39, 0.29) is 0 Å². The van der Waals surface area contributed by atoms with E-state index in [0.717, 1.165) is 23.7 Å². The van der Waals surface area contributed by atoms with E-state index >= 15 is 0 Å². The van der Waals surface area contributed by atoms with Crippen LogP contribution in [0.15, 0.2) is 0 Å². The van der Waals surface area contributed by atoms with Gasteiger partial charge in [0.1, 0.15) is 0 Å². The van der Waals surface area contributed by atoms with E-state index in [1.54, 1.807) is 0 Å². The van der Waals surface area contributed by atoms with E-state index in [1.807, 2.05) is 7.11 Å². The lowest BCUT2D eigenvalue weighted by atomic mass is 9.50. The van der Waals surface area contributed by atoms with Crippen LogP contribution < -0.4 is 0 Å². The molecule has 4 aliphatic carbocycles. The maximum Gasteiger partial charge on any atom is 0.0687 e. The monoisotopic (exact) mass is 180 g/mol. The molecule has 0 aromatic heterocycles. The number of rotatable bonds is 1. The third-order valence-corrected chi connectivity index (χ3v) is 5.12. The Kier molecular flexibility index (Phi) is 1.59. The summed E-state index contributed by atoms with van der Waals surface area (Å²) in [5, 5.41) is 0. The van der Waals surface area contributed by atoms with Gasteiger partial charge in [-0.2, -0.15) is 0 Å². The molecule has 4 aliphatic rings. The Morgan fingerprint density at radius 2 is 1.69 bits per heavy atom. The molecule has 13 heavy (non-hydrogen) atoms. The quantitative estimate of drug-likeness (QED) is 0.603. The molecule has 0 radical (unpaired) electrons. The second-order valence-electron chi connectivity index (χ2n) is 5.72. The van der Waals surface area contributed by atoms with E-state index in [1.165, 1.54) is 32.1 Å². The fraction of sp³-hybridized carbons (Fsp3) is 1.00. The lowest BCUT2D eigenvalue weighted by molar-refractivity contribution is -0.165. The lowest BCUT2D eigenvalue weighted by Crippen LogP contribution is -2.54. The summed E-state index contributed by atoms with van der Waals surface area (Å²) in [6, 6.07) is 0. The van der Waals surface area contributed by atoms with Crippen molar-refractivity contribution in [1.82, 2.24) is 0 Å². The first kappa shape index (κ1) is 8.28. The molecule has 2 unspecified atom stereocenters. The highest BCUT2D eigenvalue weighted by Crippen LogP contribution is 2.59. The highest BCUT2D eigenvalue weighted by Gasteiger charge is 2.54. The Morgan fingerprint density at radius 3 is 2.23 bits per heavy atom. The van der Waals surface area contributed by atoms with Gasteiger partial charge in [0.2, 0.25) is 0 Å². The Bertz CT molecular complexity index is 207. The molecule has 74 valence electrons. The van der Waals surface area contributed by atoms with E-state index in [0.29, 0.717) is 5.60 Å². The zero-order chi connectivity index (χ0) is 9.05. The largest absolute Gasteiger partial charge is 0.378 e. The third kappa shape index (κ3) is 1.03. The smallest absolute Gasteiger partial charge is 0.0687 e. The Morgan fingerprint density at radius 1 is 1.08 bits per heavy atom. The highest BCUT2D eigenvalue weighted by molar-refractivity contribution is 5.05. The summed E-state index contributed by atoms with van der Waals surface area (Å²) in [5.41, 5.74) is 0.322. The van der Waals surface area contributed by atoms with E-state index in [9.17, 15) is 0 Å². The summed E-state index contributed by atoms with van der Waals surface area (Å²) in [5.74, 6) is 3.98. The molecule has 0 aliphatic heterocycles. The maximum atomic E-state index is 5.80. The van der Waals surface area contributed by atoms with Crippen molar-refractivity contribution in [3.63, 3.8) is 0 Å². The van der Waals surface area contributed by atoms with Gasteiger partial charge in [-0.3, -0.25) is 0 Å². The third-order valence-electron chi connectivity index (χ3n) is 5.12. The van der Waals surface area contributed by atoms with Crippen molar-refractivity contribution in [1.29, 1.82) is 0 Å². The first-order valence-corrected chi connectivity index (χ1v) is 5.77. The van der Waals surface area contributed by atoms with Crippen molar-refractivity contribution in [2.24, 2.45) is 23.7 Å². The van der Waals surface area contributed by atoms with Crippen LogP contribution in [0.5, 0.6) is 0 Å². The maximum absolute atomic E-state index is 5.80. The minimum atomic E-state index is 0.322. The standard InChI is InChI=1S/C12H20O/c1-8-10-3-9-4-11(8)7-12(5-9,6-10)13-2/h8-11H,3-7H2,1-2H3. The van der Waals surface area contributed by atoms with Crippen LogP contribution in [0.25, 0.3) is 0 Å². The van der Waals surface area contributed by atoms with Crippen molar-refractivity contribution in [3.8, 4) is 0 Å². The predicted molar refractivity (Wildman–Crippen MR) is 52.5 cm³/mol. The molecule has 1 heteroatoms. The molecule has 0 aromatic rings. The SMILES string of the molecule is COC12CC3CC(C1)C(C)C(C3)C2. The van der Waals surface area contributed by atoms with Gasteiger partial charge in [0, 0.05) is 7.11 Å². The molecule has 0 spiro atoms. The van der Waals surface area contributed by atoms with E-state index < -0.39 is 0 Å². The van der Waals surface area contributed by atoms with Gasteiger partial charge in [-0.05, 0) is 55.8 Å². The molecular weight excluding hydrogens is 160 g/mol.